The largest absolute Gasteiger partial charge is 1.00 e. The van der Waals surface area contributed by atoms with Crippen LogP contribution in [0.1, 0.15) is 11.7 Å². The number of hydrogen-bond donors (Lipinski definition) is 3. The zero-order chi connectivity index (χ0) is 23.1. The van der Waals surface area contributed by atoms with Crippen LogP contribution in [-0.2, 0) is 38.6 Å². The summed E-state index contributed by atoms with van der Waals surface area (Å²) < 4.78 is 49.4. The first kappa shape index (κ1) is 39.9. The van der Waals surface area contributed by atoms with Crippen LogP contribution < -0.4 is 106 Å². The van der Waals surface area contributed by atoms with Gasteiger partial charge >= 0.3 is 81.1 Å². The van der Waals surface area contributed by atoms with Crippen molar-refractivity contribution in [1.82, 2.24) is 9.55 Å². The number of aryl methyl sites for hydroxylation is 1. The molecule has 2 heterocycles. The van der Waals surface area contributed by atoms with E-state index in [1.165, 1.54) is 7.05 Å². The van der Waals surface area contributed by atoms with Crippen molar-refractivity contribution in [1.29, 1.82) is 0 Å². The number of phosphoric acid groups is 3. The van der Waals surface area contributed by atoms with Crippen LogP contribution in [-0.4, -0.2) is 44.7 Å². The van der Waals surface area contributed by atoms with Gasteiger partial charge in [-0.15, -0.1) is 0 Å². The second-order valence-corrected chi connectivity index (χ2v) is 10.1. The van der Waals surface area contributed by atoms with E-state index in [0.717, 1.165) is 10.8 Å². The van der Waals surface area contributed by atoms with Crippen molar-refractivity contribution in [2.45, 2.75) is 24.4 Å². The number of nitrogens with zero attached hydrogens (tertiary/aromatic N) is 1. The minimum Gasteiger partial charge on any atom is -0.790 e. The third kappa shape index (κ3) is 11.4. The van der Waals surface area contributed by atoms with Crippen LogP contribution in [0.2, 0.25) is 0 Å². The van der Waals surface area contributed by atoms with Gasteiger partial charge in [0.2, 0.25) is 0 Å². The van der Waals surface area contributed by atoms with E-state index in [4.69, 9.17) is 4.74 Å². The minimum absolute atomic E-state index is 0. The standard InChI is InChI=1S/C10H17N2O15P3.4Li/c1-12-2-4(9(15)11-10(12)16)8-7(14)6(13)5(25-8)3-24-29(20,21)27-30(22,23)26-28(17,18)19;;;;/h2,5-8,13-14H,3H2,1H3,(H,20,21)(H,22,23)(H,11,15,16)(H2,17,18,19);;;;/q;4*+1/p-4/t5-,6-,7-,8+;;;;/m1..../s1. The Hall–Kier alpha value is 1.36. The molecule has 24 heteroatoms. The molecule has 1 aliphatic rings. The summed E-state index contributed by atoms with van der Waals surface area (Å²) in [5, 5.41) is 20.0. The van der Waals surface area contributed by atoms with E-state index in [1.54, 1.807) is 0 Å². The van der Waals surface area contributed by atoms with Crippen LogP contribution in [0.25, 0.3) is 0 Å². The number of aromatic nitrogens is 2. The van der Waals surface area contributed by atoms with Gasteiger partial charge in [0, 0.05) is 13.2 Å². The first-order valence-corrected chi connectivity index (χ1v) is 11.9. The first-order chi connectivity index (χ1) is 13.5. The zero-order valence-electron chi connectivity index (χ0n) is 18.6. The summed E-state index contributed by atoms with van der Waals surface area (Å²) in [5.41, 5.74) is -2.05. The molecule has 1 aromatic rings. The van der Waals surface area contributed by atoms with E-state index in [9.17, 15) is 53.1 Å². The molecule has 34 heavy (non-hydrogen) atoms. The molecule has 1 aliphatic heterocycles. The molecule has 1 fully saturated rings. The van der Waals surface area contributed by atoms with Crippen molar-refractivity contribution < 1.29 is 137 Å². The second-order valence-electron chi connectivity index (χ2n) is 5.83. The molecule has 17 nitrogen and oxygen atoms in total. The van der Waals surface area contributed by atoms with Gasteiger partial charge in [-0.05, 0) is 0 Å². The molecule has 0 aliphatic carbocycles. The smallest absolute Gasteiger partial charge is 0.790 e. The third-order valence-corrected chi connectivity index (χ3v) is 7.27. The Morgan fingerprint density at radius 2 is 1.53 bits per heavy atom. The summed E-state index contributed by atoms with van der Waals surface area (Å²) in [7, 11) is -16.9. The molecule has 0 radical (unpaired) electrons. The molecule has 0 aromatic carbocycles. The molecule has 172 valence electrons. The molecule has 0 saturated carbocycles. The summed E-state index contributed by atoms with van der Waals surface area (Å²) in [6, 6.07) is 0. The Labute approximate surface area is 239 Å². The van der Waals surface area contributed by atoms with Crippen molar-refractivity contribution >= 4 is 23.5 Å². The van der Waals surface area contributed by atoms with Crippen LogP contribution in [0.4, 0.5) is 0 Å². The predicted molar refractivity (Wildman–Crippen MR) is 82.9 cm³/mol. The Bertz CT molecular complexity index is 1060. The van der Waals surface area contributed by atoms with Crippen molar-refractivity contribution in [2.24, 2.45) is 7.05 Å². The Morgan fingerprint density at radius 1 is 1.00 bits per heavy atom. The van der Waals surface area contributed by atoms with Gasteiger partial charge in [0.1, 0.15) is 24.4 Å². The van der Waals surface area contributed by atoms with Crippen molar-refractivity contribution in [3.8, 4) is 0 Å². The van der Waals surface area contributed by atoms with Gasteiger partial charge in [0.05, 0.1) is 20.0 Å². The fourth-order valence-corrected chi connectivity index (χ4v) is 5.24. The van der Waals surface area contributed by atoms with Gasteiger partial charge in [-0.2, -0.15) is 0 Å². The number of aliphatic hydroxyl groups is 2. The summed E-state index contributed by atoms with van der Waals surface area (Å²) in [6.45, 7) is -1.16. The van der Waals surface area contributed by atoms with Crippen LogP contribution in [0.15, 0.2) is 15.8 Å². The molecule has 3 N–H and O–H groups in total. The predicted octanol–water partition coefficient (Wildman–Crippen LogP) is -16.9. The molecular weight excluding hydrogens is 509 g/mol. The number of hydrogen-bond acceptors (Lipinski definition) is 15. The SMILES string of the molecule is Cn1cc([C@@H]2O[C@H](COP(=O)([O-])OP(=O)([O-])OP(=O)([O-])[O-])[C@@H](O)[C@H]2O)c(=O)[nH]c1=O.[Li+].[Li+].[Li+].[Li+]. The normalized spacial score (nSPS) is 25.4. The number of aromatic amines is 1. The minimum atomic E-state index is -6.17. The van der Waals surface area contributed by atoms with E-state index in [1.807, 2.05) is 4.98 Å². The Morgan fingerprint density at radius 3 is 2.03 bits per heavy atom. The van der Waals surface area contributed by atoms with E-state index in [2.05, 4.69) is 13.1 Å². The van der Waals surface area contributed by atoms with Crippen LogP contribution in [0.5, 0.6) is 0 Å². The Balaban J connectivity index is -0.00000240. The van der Waals surface area contributed by atoms with E-state index in [0.29, 0.717) is 0 Å². The van der Waals surface area contributed by atoms with Crippen LogP contribution >= 0.6 is 23.5 Å². The number of rotatable bonds is 8. The maximum absolute atomic E-state index is 11.9. The van der Waals surface area contributed by atoms with E-state index < -0.39 is 65.7 Å². The maximum Gasteiger partial charge on any atom is 1.00 e. The fraction of sp³-hybridized carbons (Fsp3) is 0.600. The quantitative estimate of drug-likeness (QED) is 0.211. The zero-order valence-corrected chi connectivity index (χ0v) is 21.3. The average molecular weight is 522 g/mol. The second kappa shape index (κ2) is 15.1. The number of H-pyrrole nitrogens is 1. The molecule has 0 spiro atoms. The van der Waals surface area contributed by atoms with E-state index >= 15 is 0 Å². The first-order valence-electron chi connectivity index (χ1n) is 7.54. The van der Waals surface area contributed by atoms with Gasteiger partial charge in [0.25, 0.3) is 21.2 Å². The number of aliphatic hydroxyl groups excluding tert-OH is 2. The van der Waals surface area contributed by atoms with Crippen LogP contribution in [0.3, 0.4) is 0 Å². The van der Waals surface area contributed by atoms with Gasteiger partial charge in [-0.1, -0.05) is 0 Å². The molecule has 1 aromatic heterocycles. The third-order valence-electron chi connectivity index (χ3n) is 3.60. The van der Waals surface area contributed by atoms with Crippen LogP contribution in [0, 0.1) is 0 Å². The average Bonchev–Trinajstić information content (AvgIpc) is 2.81. The number of nitrogens with one attached hydrogen (secondary N) is 1. The van der Waals surface area contributed by atoms with Gasteiger partial charge < -0.3 is 48.2 Å². The summed E-state index contributed by atoms with van der Waals surface area (Å²) in [6.07, 6.45) is -5.81. The molecule has 2 rings (SSSR count). The number of ether oxygens (including phenoxy) is 1. The molecule has 2 unspecified atom stereocenters. The number of phosphoric ester groups is 1. The molecule has 0 amide bonds. The van der Waals surface area contributed by atoms with E-state index in [-0.39, 0.29) is 81.0 Å². The maximum atomic E-state index is 11.9. The topological polar surface area (TPSA) is 276 Å². The molecular formula is C10H13Li4N2O15P3. The van der Waals surface area contributed by atoms with Crippen molar-refractivity contribution in [3.05, 3.63) is 32.6 Å². The van der Waals surface area contributed by atoms with Gasteiger partial charge in [-0.25, -0.2) is 9.11 Å². The summed E-state index contributed by atoms with van der Waals surface area (Å²) in [4.78, 5) is 68.3. The monoisotopic (exact) mass is 522 g/mol. The Kier molecular flexibility index (Phi) is 17.7. The van der Waals surface area contributed by atoms with Gasteiger partial charge in [0.15, 0.2) is 0 Å². The fourth-order valence-electron chi connectivity index (χ4n) is 2.38. The van der Waals surface area contributed by atoms with Crippen molar-refractivity contribution in [2.75, 3.05) is 6.61 Å². The molecule has 0 bridgehead atoms. The van der Waals surface area contributed by atoms with Gasteiger partial charge in [-0.3, -0.25) is 23.2 Å². The molecule has 1 saturated heterocycles. The van der Waals surface area contributed by atoms with Crippen molar-refractivity contribution in [3.63, 3.8) is 0 Å². The summed E-state index contributed by atoms with van der Waals surface area (Å²) in [5.74, 6) is 0. The molecule has 6 atom stereocenters. The summed E-state index contributed by atoms with van der Waals surface area (Å²) >= 11 is 0.